The standard InChI is InChI=1S/C18H34N4O2.HI/c1-3-19-18(20-12-7-6-10-17(23)24-2)21-15-11-13-22(14-15)16-8-4-5-9-16;/h15-16H,3-14H2,1-2H3,(H2,19,20,21);1H. The molecule has 2 fully saturated rings. The Kier molecular flexibility index (Phi) is 11.4. The summed E-state index contributed by atoms with van der Waals surface area (Å²) in [5.41, 5.74) is 0. The van der Waals surface area contributed by atoms with Gasteiger partial charge in [-0.15, -0.1) is 24.0 Å². The minimum Gasteiger partial charge on any atom is -0.469 e. The van der Waals surface area contributed by atoms with E-state index < -0.39 is 0 Å². The normalized spacial score (nSPS) is 21.8. The highest BCUT2D eigenvalue weighted by Crippen LogP contribution is 2.26. The highest BCUT2D eigenvalue weighted by atomic mass is 127. The topological polar surface area (TPSA) is 66.0 Å². The molecule has 1 aliphatic carbocycles. The van der Waals surface area contributed by atoms with E-state index in [1.807, 2.05) is 0 Å². The number of ether oxygens (including phenoxy) is 1. The zero-order valence-corrected chi connectivity index (χ0v) is 18.1. The summed E-state index contributed by atoms with van der Waals surface area (Å²) in [5.74, 6) is 0.774. The van der Waals surface area contributed by atoms with Gasteiger partial charge in [0.05, 0.1) is 7.11 Å². The minimum atomic E-state index is -0.137. The molecule has 0 amide bonds. The Morgan fingerprint density at radius 3 is 2.68 bits per heavy atom. The van der Waals surface area contributed by atoms with Gasteiger partial charge >= 0.3 is 5.97 Å². The number of esters is 1. The van der Waals surface area contributed by atoms with Crippen LogP contribution in [0.25, 0.3) is 0 Å². The van der Waals surface area contributed by atoms with E-state index in [1.54, 1.807) is 0 Å². The monoisotopic (exact) mass is 466 g/mol. The molecular weight excluding hydrogens is 431 g/mol. The van der Waals surface area contributed by atoms with Gasteiger partial charge < -0.3 is 15.4 Å². The van der Waals surface area contributed by atoms with Gasteiger partial charge in [-0.2, -0.15) is 0 Å². The van der Waals surface area contributed by atoms with Crippen LogP contribution in [0.3, 0.4) is 0 Å². The Bertz CT molecular complexity index is 414. The van der Waals surface area contributed by atoms with E-state index in [1.165, 1.54) is 45.8 Å². The van der Waals surface area contributed by atoms with Crippen LogP contribution in [0.5, 0.6) is 0 Å². The number of nitrogens with zero attached hydrogens (tertiary/aromatic N) is 2. The van der Waals surface area contributed by atoms with Gasteiger partial charge in [0.2, 0.25) is 0 Å². The number of aliphatic imine (C=N–C) groups is 1. The number of guanidine groups is 1. The zero-order valence-electron chi connectivity index (χ0n) is 15.8. The molecule has 146 valence electrons. The van der Waals surface area contributed by atoms with E-state index in [9.17, 15) is 4.79 Å². The fourth-order valence-electron chi connectivity index (χ4n) is 3.69. The Morgan fingerprint density at radius 1 is 1.24 bits per heavy atom. The number of methoxy groups -OCH3 is 1. The molecule has 2 aliphatic rings. The first-order valence-electron chi connectivity index (χ1n) is 9.58. The lowest BCUT2D eigenvalue weighted by Crippen LogP contribution is -2.45. The number of hydrogen-bond acceptors (Lipinski definition) is 4. The summed E-state index contributed by atoms with van der Waals surface area (Å²) in [4.78, 5) is 18.4. The molecule has 2 rings (SSSR count). The van der Waals surface area contributed by atoms with Crippen LogP contribution in [0, 0.1) is 0 Å². The molecule has 6 nitrogen and oxygen atoms in total. The van der Waals surface area contributed by atoms with Crippen molar-refractivity contribution in [2.45, 2.75) is 70.4 Å². The Hall–Kier alpha value is -0.570. The van der Waals surface area contributed by atoms with Crippen molar-refractivity contribution in [3.05, 3.63) is 0 Å². The second-order valence-corrected chi connectivity index (χ2v) is 6.86. The van der Waals surface area contributed by atoms with Crippen LogP contribution >= 0.6 is 24.0 Å². The van der Waals surface area contributed by atoms with Crippen LogP contribution in [0.15, 0.2) is 4.99 Å². The van der Waals surface area contributed by atoms with Gasteiger partial charge in [0.25, 0.3) is 0 Å². The van der Waals surface area contributed by atoms with Gasteiger partial charge in [0, 0.05) is 44.7 Å². The number of rotatable bonds is 8. The minimum absolute atomic E-state index is 0. The van der Waals surface area contributed by atoms with Crippen LogP contribution in [0.4, 0.5) is 0 Å². The molecule has 7 heteroatoms. The number of carbonyl (C=O) groups is 1. The Morgan fingerprint density at radius 2 is 2.00 bits per heavy atom. The van der Waals surface area contributed by atoms with E-state index >= 15 is 0 Å². The van der Waals surface area contributed by atoms with Crippen molar-refractivity contribution in [2.24, 2.45) is 4.99 Å². The first-order chi connectivity index (χ1) is 11.7. The van der Waals surface area contributed by atoms with Gasteiger partial charge in [-0.1, -0.05) is 12.8 Å². The number of carbonyl (C=O) groups excluding carboxylic acids is 1. The smallest absolute Gasteiger partial charge is 0.305 e. The molecule has 0 radical (unpaired) electrons. The molecule has 0 aromatic heterocycles. The zero-order chi connectivity index (χ0) is 17.2. The van der Waals surface area contributed by atoms with Crippen molar-refractivity contribution >= 4 is 35.9 Å². The van der Waals surface area contributed by atoms with Crippen LogP contribution in [0.1, 0.15) is 58.3 Å². The van der Waals surface area contributed by atoms with Gasteiger partial charge in [0.1, 0.15) is 0 Å². The highest BCUT2D eigenvalue weighted by Gasteiger charge is 2.30. The lowest BCUT2D eigenvalue weighted by molar-refractivity contribution is -0.140. The number of likely N-dealkylation sites (tertiary alicyclic amines) is 1. The Balaban J connectivity index is 0.00000312. The van der Waals surface area contributed by atoms with Crippen LogP contribution in [-0.2, 0) is 9.53 Å². The maximum absolute atomic E-state index is 11.1. The number of halogens is 1. The van der Waals surface area contributed by atoms with E-state index in [0.717, 1.165) is 44.5 Å². The highest BCUT2D eigenvalue weighted by molar-refractivity contribution is 14.0. The molecular formula is C18H35IN4O2. The summed E-state index contributed by atoms with van der Waals surface area (Å²) in [6.07, 6.45) is 8.96. The largest absolute Gasteiger partial charge is 0.469 e. The predicted octanol–water partition coefficient (Wildman–Crippen LogP) is 2.52. The molecule has 1 saturated carbocycles. The van der Waals surface area contributed by atoms with E-state index in [2.05, 4.69) is 32.2 Å². The second-order valence-electron chi connectivity index (χ2n) is 6.86. The van der Waals surface area contributed by atoms with Crippen molar-refractivity contribution in [1.29, 1.82) is 0 Å². The molecule has 25 heavy (non-hydrogen) atoms. The number of nitrogens with one attached hydrogen (secondary N) is 2. The average Bonchev–Trinajstić information content (AvgIpc) is 3.25. The SMILES string of the molecule is CCNC(=NCCCCC(=O)OC)NC1CCN(C2CCCC2)C1.I. The molecule has 2 N–H and O–H groups in total. The number of unbranched alkanes of at least 4 members (excludes halogenated alkanes) is 1. The summed E-state index contributed by atoms with van der Waals surface area (Å²) in [7, 11) is 1.43. The van der Waals surface area contributed by atoms with Crippen LogP contribution < -0.4 is 10.6 Å². The molecule has 1 unspecified atom stereocenters. The summed E-state index contributed by atoms with van der Waals surface area (Å²) in [6, 6.07) is 1.31. The predicted molar refractivity (Wildman–Crippen MR) is 113 cm³/mol. The molecule has 0 spiro atoms. The first-order valence-corrected chi connectivity index (χ1v) is 9.58. The fraction of sp³-hybridized carbons (Fsp3) is 0.889. The molecule has 0 aromatic rings. The van der Waals surface area contributed by atoms with Crippen molar-refractivity contribution < 1.29 is 9.53 Å². The lowest BCUT2D eigenvalue weighted by Gasteiger charge is -2.24. The fourth-order valence-corrected chi connectivity index (χ4v) is 3.69. The summed E-state index contributed by atoms with van der Waals surface area (Å²) >= 11 is 0. The third-order valence-corrected chi connectivity index (χ3v) is 5.03. The van der Waals surface area contributed by atoms with Gasteiger partial charge in [-0.3, -0.25) is 14.7 Å². The van der Waals surface area contributed by atoms with E-state index in [-0.39, 0.29) is 29.9 Å². The summed E-state index contributed by atoms with van der Waals surface area (Å²) in [5, 5.41) is 6.92. The van der Waals surface area contributed by atoms with Gasteiger partial charge in [-0.05, 0) is 39.0 Å². The van der Waals surface area contributed by atoms with Crippen molar-refractivity contribution in [3.63, 3.8) is 0 Å². The molecule has 1 heterocycles. The maximum Gasteiger partial charge on any atom is 0.305 e. The summed E-state index contributed by atoms with van der Waals surface area (Å²) in [6.45, 7) is 6.05. The van der Waals surface area contributed by atoms with Crippen LogP contribution in [-0.4, -0.2) is 62.2 Å². The number of hydrogen-bond donors (Lipinski definition) is 2. The third kappa shape index (κ3) is 8.11. The van der Waals surface area contributed by atoms with Gasteiger partial charge in [-0.25, -0.2) is 0 Å². The van der Waals surface area contributed by atoms with E-state index in [4.69, 9.17) is 0 Å². The second kappa shape index (κ2) is 12.7. The van der Waals surface area contributed by atoms with Crippen molar-refractivity contribution in [2.75, 3.05) is 33.3 Å². The molecule has 1 aliphatic heterocycles. The summed E-state index contributed by atoms with van der Waals surface area (Å²) < 4.78 is 4.65. The van der Waals surface area contributed by atoms with Crippen LogP contribution in [0.2, 0.25) is 0 Å². The Labute approximate surface area is 169 Å². The van der Waals surface area contributed by atoms with E-state index in [0.29, 0.717) is 12.5 Å². The average molecular weight is 466 g/mol. The molecule has 1 atom stereocenters. The van der Waals surface area contributed by atoms with Gasteiger partial charge in [0.15, 0.2) is 5.96 Å². The maximum atomic E-state index is 11.1. The van der Waals surface area contributed by atoms with Crippen molar-refractivity contribution in [1.82, 2.24) is 15.5 Å². The molecule has 0 aromatic carbocycles. The first kappa shape index (κ1) is 22.5. The quantitative estimate of drug-likeness (QED) is 0.189. The van der Waals surface area contributed by atoms with Crippen molar-refractivity contribution in [3.8, 4) is 0 Å². The third-order valence-electron chi connectivity index (χ3n) is 5.03. The lowest BCUT2D eigenvalue weighted by atomic mass is 10.2. The molecule has 1 saturated heterocycles. The molecule has 0 bridgehead atoms.